The van der Waals surface area contributed by atoms with Gasteiger partial charge in [0.25, 0.3) is 0 Å². The number of nitrogens with one attached hydrogen (secondary N) is 1. The molecule has 0 fully saturated rings. The number of aliphatic hydroxyl groups excluding tert-OH is 1. The Bertz CT molecular complexity index is 1120. The molecular weight excluding hydrogens is 397 g/mol. The van der Waals surface area contributed by atoms with E-state index in [0.717, 1.165) is 12.1 Å². The minimum Gasteiger partial charge on any atom is -0.508 e. The smallest absolute Gasteiger partial charge is 0.416 e. The van der Waals surface area contributed by atoms with Crippen LogP contribution in [0.1, 0.15) is 17.2 Å². The summed E-state index contributed by atoms with van der Waals surface area (Å²) < 4.78 is 45.0. The molecule has 30 heavy (non-hydrogen) atoms. The van der Waals surface area contributed by atoms with Crippen LogP contribution in [0, 0.1) is 0 Å². The van der Waals surface area contributed by atoms with E-state index in [9.17, 15) is 23.4 Å². The molecule has 1 aliphatic heterocycles. The molecule has 5 nitrogen and oxygen atoms in total. The van der Waals surface area contributed by atoms with Crippen LogP contribution in [0.4, 0.5) is 13.2 Å². The maximum atomic E-state index is 13.2. The van der Waals surface area contributed by atoms with Crippen molar-refractivity contribution in [1.29, 1.82) is 0 Å². The number of phenolic OH excluding ortho intramolecular Hbond substituents is 1. The first-order chi connectivity index (χ1) is 14.3. The van der Waals surface area contributed by atoms with Gasteiger partial charge >= 0.3 is 6.18 Å². The fourth-order valence-electron chi connectivity index (χ4n) is 3.25. The number of alkyl halides is 3. The van der Waals surface area contributed by atoms with E-state index in [4.69, 9.17) is 4.52 Å². The third-order valence-corrected chi connectivity index (χ3v) is 4.72. The van der Waals surface area contributed by atoms with Gasteiger partial charge in [0.15, 0.2) is 5.76 Å². The molecule has 2 heterocycles. The van der Waals surface area contributed by atoms with Crippen LogP contribution in [-0.2, 0) is 6.18 Å². The molecule has 2 aromatic carbocycles. The van der Waals surface area contributed by atoms with Crippen molar-refractivity contribution in [2.45, 2.75) is 12.3 Å². The average molecular weight is 414 g/mol. The summed E-state index contributed by atoms with van der Waals surface area (Å²) >= 11 is 0. The number of halogens is 3. The van der Waals surface area contributed by atoms with Crippen molar-refractivity contribution in [2.24, 2.45) is 0 Å². The number of hydrogen-bond donors (Lipinski definition) is 3. The molecule has 0 amide bonds. The first-order valence-electron chi connectivity index (χ1n) is 9.09. The molecule has 8 heteroatoms. The molecule has 1 unspecified atom stereocenters. The number of aliphatic hydroxyl groups is 1. The van der Waals surface area contributed by atoms with Crippen molar-refractivity contribution in [3.63, 3.8) is 0 Å². The van der Waals surface area contributed by atoms with Crippen LogP contribution in [0.15, 0.2) is 77.0 Å². The topological polar surface area (TPSA) is 78.5 Å². The standard InChI is InChI=1S/C22H17F3N2O3/c23-22(24,25)16-5-1-3-14(11-16)21-18(20(29)15-4-2-10-26-12-15)19(27-30-21)13-6-8-17(28)9-7-13/h1-9,11-12,20,26,28-29H,10H2. The minimum atomic E-state index is -4.52. The minimum absolute atomic E-state index is 0.0385. The number of rotatable bonds is 4. The molecule has 0 saturated heterocycles. The van der Waals surface area contributed by atoms with Gasteiger partial charge in [-0.15, -0.1) is 0 Å². The maximum absolute atomic E-state index is 13.2. The van der Waals surface area contributed by atoms with Crippen molar-refractivity contribution in [3.05, 3.63) is 83.6 Å². The summed E-state index contributed by atoms with van der Waals surface area (Å²) in [7, 11) is 0. The number of nitrogens with zero attached hydrogens (tertiary/aromatic N) is 1. The van der Waals surface area contributed by atoms with E-state index in [1.54, 1.807) is 24.4 Å². The van der Waals surface area contributed by atoms with Crippen molar-refractivity contribution < 1.29 is 27.9 Å². The number of hydrogen-bond acceptors (Lipinski definition) is 5. The molecule has 0 saturated carbocycles. The van der Waals surface area contributed by atoms with Crippen LogP contribution >= 0.6 is 0 Å². The van der Waals surface area contributed by atoms with Gasteiger partial charge in [-0.25, -0.2) is 0 Å². The summed E-state index contributed by atoms with van der Waals surface area (Å²) in [5, 5.41) is 27.6. The van der Waals surface area contributed by atoms with Crippen molar-refractivity contribution in [2.75, 3.05) is 6.54 Å². The van der Waals surface area contributed by atoms with E-state index in [1.165, 1.54) is 24.3 Å². The Morgan fingerprint density at radius 2 is 1.83 bits per heavy atom. The molecule has 0 bridgehead atoms. The second-order valence-electron chi connectivity index (χ2n) is 6.76. The van der Waals surface area contributed by atoms with Gasteiger partial charge in [-0.1, -0.05) is 29.4 Å². The Kier molecular flexibility index (Phi) is 5.09. The Morgan fingerprint density at radius 3 is 2.50 bits per heavy atom. The highest BCUT2D eigenvalue weighted by Gasteiger charge is 2.32. The molecule has 3 aromatic rings. The number of benzene rings is 2. The highest BCUT2D eigenvalue weighted by molar-refractivity contribution is 5.75. The number of aromatic hydroxyl groups is 1. The number of aromatic nitrogens is 1. The van der Waals surface area contributed by atoms with Gasteiger partial charge in [-0.05, 0) is 36.4 Å². The summed E-state index contributed by atoms with van der Waals surface area (Å²) in [5.41, 5.74) is 0.871. The third-order valence-electron chi connectivity index (χ3n) is 4.72. The summed E-state index contributed by atoms with van der Waals surface area (Å²) in [6.45, 7) is 0.602. The Hall–Kier alpha value is -3.52. The summed E-state index contributed by atoms with van der Waals surface area (Å²) in [5.74, 6) is 0.0844. The molecule has 1 aliphatic rings. The van der Waals surface area contributed by atoms with Crippen LogP contribution in [0.2, 0.25) is 0 Å². The van der Waals surface area contributed by atoms with E-state index < -0.39 is 17.8 Å². The fourth-order valence-corrected chi connectivity index (χ4v) is 3.25. The van der Waals surface area contributed by atoms with Crippen molar-refractivity contribution >= 4 is 0 Å². The van der Waals surface area contributed by atoms with Crippen LogP contribution in [0.25, 0.3) is 22.6 Å². The largest absolute Gasteiger partial charge is 0.508 e. The summed E-state index contributed by atoms with van der Waals surface area (Å²) in [6, 6.07) is 10.7. The van der Waals surface area contributed by atoms with Gasteiger partial charge in [-0.2, -0.15) is 13.2 Å². The first kappa shape index (κ1) is 19.8. The highest BCUT2D eigenvalue weighted by atomic mass is 19.4. The zero-order chi connectivity index (χ0) is 21.3. The van der Waals surface area contributed by atoms with Gasteiger partial charge < -0.3 is 20.1 Å². The van der Waals surface area contributed by atoms with E-state index in [2.05, 4.69) is 10.5 Å². The fraction of sp³-hybridized carbons (Fsp3) is 0.136. The molecule has 4 rings (SSSR count). The molecule has 1 aromatic heterocycles. The predicted molar refractivity (Wildman–Crippen MR) is 104 cm³/mol. The summed E-state index contributed by atoms with van der Waals surface area (Å²) in [6.07, 6.45) is -0.545. The van der Waals surface area contributed by atoms with E-state index in [1.807, 2.05) is 6.08 Å². The Morgan fingerprint density at radius 1 is 1.07 bits per heavy atom. The molecule has 0 spiro atoms. The van der Waals surface area contributed by atoms with Crippen LogP contribution in [0.5, 0.6) is 5.75 Å². The lowest BCUT2D eigenvalue weighted by atomic mass is 9.93. The lowest BCUT2D eigenvalue weighted by Gasteiger charge is -2.17. The SMILES string of the molecule is Oc1ccc(-c2noc(-c3cccc(C(F)(F)F)c3)c2C(O)C2=CNCC=C2)cc1. The van der Waals surface area contributed by atoms with Crippen LogP contribution < -0.4 is 5.32 Å². The van der Waals surface area contributed by atoms with E-state index in [0.29, 0.717) is 17.7 Å². The normalized spacial score (nSPS) is 14.9. The van der Waals surface area contributed by atoms with Gasteiger partial charge in [0.05, 0.1) is 11.1 Å². The molecule has 0 aliphatic carbocycles. The van der Waals surface area contributed by atoms with Gasteiger partial charge in [0.1, 0.15) is 17.5 Å². The second kappa shape index (κ2) is 7.72. The quantitative estimate of drug-likeness (QED) is 0.571. The maximum Gasteiger partial charge on any atom is 0.416 e. The molecule has 0 radical (unpaired) electrons. The van der Waals surface area contributed by atoms with Gasteiger partial charge in [-0.3, -0.25) is 0 Å². The Labute approximate surface area is 169 Å². The molecule has 1 atom stereocenters. The number of dihydropyridines is 1. The van der Waals surface area contributed by atoms with Crippen molar-refractivity contribution in [3.8, 4) is 28.3 Å². The lowest BCUT2D eigenvalue weighted by Crippen LogP contribution is -2.13. The average Bonchev–Trinajstić information content (AvgIpc) is 3.19. The van der Waals surface area contributed by atoms with E-state index >= 15 is 0 Å². The summed E-state index contributed by atoms with van der Waals surface area (Å²) in [4.78, 5) is 0. The molecular formula is C22H17F3N2O3. The molecule has 154 valence electrons. The van der Waals surface area contributed by atoms with E-state index in [-0.39, 0.29) is 28.3 Å². The third kappa shape index (κ3) is 3.81. The lowest BCUT2D eigenvalue weighted by molar-refractivity contribution is -0.137. The van der Waals surface area contributed by atoms with Crippen molar-refractivity contribution in [1.82, 2.24) is 10.5 Å². The highest BCUT2D eigenvalue weighted by Crippen LogP contribution is 2.41. The van der Waals surface area contributed by atoms with Crippen LogP contribution in [-0.4, -0.2) is 21.9 Å². The first-order valence-corrected chi connectivity index (χ1v) is 9.09. The van der Waals surface area contributed by atoms with Gasteiger partial charge in [0.2, 0.25) is 0 Å². The molecule has 3 N–H and O–H groups in total. The second-order valence-corrected chi connectivity index (χ2v) is 6.76. The van der Waals surface area contributed by atoms with Crippen LogP contribution in [0.3, 0.4) is 0 Å². The number of phenols is 1. The Balaban J connectivity index is 1.88. The predicted octanol–water partition coefficient (Wildman–Crippen LogP) is 4.81. The zero-order valence-corrected chi connectivity index (χ0v) is 15.5. The monoisotopic (exact) mass is 414 g/mol. The van der Waals surface area contributed by atoms with Gasteiger partial charge in [0, 0.05) is 29.4 Å². The zero-order valence-electron chi connectivity index (χ0n) is 15.5.